The number of halogens is 2. The molecular weight excluding hydrogens is 455 g/mol. The van der Waals surface area contributed by atoms with Gasteiger partial charge in [-0.25, -0.2) is 4.98 Å². The molecule has 0 amide bonds. The van der Waals surface area contributed by atoms with Gasteiger partial charge in [-0.1, -0.05) is 41.0 Å². The fourth-order valence-corrected chi connectivity index (χ4v) is 4.84. The van der Waals surface area contributed by atoms with Crippen molar-refractivity contribution in [3.63, 3.8) is 0 Å². The third-order valence-electron chi connectivity index (χ3n) is 5.10. The summed E-state index contributed by atoms with van der Waals surface area (Å²) in [4.78, 5) is 19.3. The molecule has 7 nitrogen and oxygen atoms in total. The third kappa shape index (κ3) is 4.15. The summed E-state index contributed by atoms with van der Waals surface area (Å²) in [5.74, 6) is 1.29. The quantitative estimate of drug-likeness (QED) is 0.399. The van der Waals surface area contributed by atoms with Gasteiger partial charge in [0, 0.05) is 36.1 Å². The van der Waals surface area contributed by atoms with E-state index in [-0.39, 0.29) is 5.56 Å². The number of aromatic nitrogens is 5. The van der Waals surface area contributed by atoms with Crippen LogP contribution in [0.4, 0.5) is 5.95 Å². The van der Waals surface area contributed by atoms with Crippen molar-refractivity contribution in [3.8, 4) is 5.69 Å². The molecule has 5 rings (SSSR count). The van der Waals surface area contributed by atoms with Gasteiger partial charge in [0.1, 0.15) is 5.65 Å². The highest BCUT2D eigenvalue weighted by atomic mass is 35.5. The monoisotopic (exact) mass is 472 g/mol. The van der Waals surface area contributed by atoms with E-state index in [2.05, 4.69) is 20.1 Å². The Morgan fingerprint density at radius 1 is 1.00 bits per heavy atom. The second-order valence-corrected chi connectivity index (χ2v) is 9.06. The highest BCUT2D eigenvalue weighted by molar-refractivity contribution is 7.98. The smallest absolute Gasteiger partial charge is 0.258 e. The van der Waals surface area contributed by atoms with Crippen molar-refractivity contribution in [2.24, 2.45) is 0 Å². The molecule has 1 aliphatic heterocycles. The summed E-state index contributed by atoms with van der Waals surface area (Å²) in [6.45, 7) is 1.91. The lowest BCUT2D eigenvalue weighted by molar-refractivity contribution is 0.841. The summed E-state index contributed by atoms with van der Waals surface area (Å²) in [6.07, 6.45) is 3.85. The number of fused-ring (bicyclic) bond motifs is 1. The maximum absolute atomic E-state index is 12.5. The van der Waals surface area contributed by atoms with Gasteiger partial charge in [-0.15, -0.1) is 10.2 Å². The lowest BCUT2D eigenvalue weighted by atomic mass is 10.3. The molecule has 1 aromatic carbocycles. The van der Waals surface area contributed by atoms with E-state index >= 15 is 0 Å². The van der Waals surface area contributed by atoms with Crippen LogP contribution < -0.4 is 10.5 Å². The van der Waals surface area contributed by atoms with Crippen molar-refractivity contribution in [3.05, 3.63) is 74.8 Å². The summed E-state index contributed by atoms with van der Waals surface area (Å²) >= 11 is 13.7. The van der Waals surface area contributed by atoms with Crippen molar-refractivity contribution in [1.29, 1.82) is 0 Å². The summed E-state index contributed by atoms with van der Waals surface area (Å²) in [7, 11) is 0. The molecule has 31 heavy (non-hydrogen) atoms. The molecule has 10 heteroatoms. The molecule has 0 unspecified atom stereocenters. The molecule has 4 aromatic rings. The van der Waals surface area contributed by atoms with E-state index in [1.165, 1.54) is 22.2 Å². The van der Waals surface area contributed by atoms with Crippen molar-refractivity contribution < 1.29 is 0 Å². The van der Waals surface area contributed by atoms with E-state index in [1.54, 1.807) is 18.3 Å². The predicted molar refractivity (Wildman–Crippen MR) is 124 cm³/mol. The molecule has 1 saturated heterocycles. The fraction of sp³-hybridized carbons (Fsp3) is 0.238. The molecule has 0 aliphatic carbocycles. The van der Waals surface area contributed by atoms with Gasteiger partial charge in [0.05, 0.1) is 16.4 Å². The first-order valence-electron chi connectivity index (χ1n) is 9.85. The maximum atomic E-state index is 12.5. The van der Waals surface area contributed by atoms with Gasteiger partial charge < -0.3 is 4.90 Å². The van der Waals surface area contributed by atoms with Crippen LogP contribution in [-0.2, 0) is 5.75 Å². The molecular formula is C21H18Cl2N6OS. The highest BCUT2D eigenvalue weighted by Crippen LogP contribution is 2.30. The Morgan fingerprint density at radius 3 is 2.65 bits per heavy atom. The summed E-state index contributed by atoms with van der Waals surface area (Å²) in [5.41, 5.74) is 1.96. The molecule has 4 heterocycles. The Balaban J connectivity index is 1.49. The molecule has 158 valence electrons. The average Bonchev–Trinajstić information content (AvgIpc) is 3.42. The van der Waals surface area contributed by atoms with Crippen molar-refractivity contribution >= 4 is 46.6 Å². The number of thioether (sulfide) groups is 1. The number of nitrogens with zero attached hydrogens (tertiary/aromatic N) is 6. The SMILES string of the molecule is O=c1cc(CSc2nnc(N3CCCC3)n2-c2cccc(Cl)c2)nc2ccc(Cl)cn12. The van der Waals surface area contributed by atoms with Crippen molar-refractivity contribution in [2.75, 3.05) is 18.0 Å². The highest BCUT2D eigenvalue weighted by Gasteiger charge is 2.22. The topological polar surface area (TPSA) is 68.3 Å². The number of hydrogen-bond donors (Lipinski definition) is 0. The van der Waals surface area contributed by atoms with Crippen LogP contribution in [0, 0.1) is 0 Å². The van der Waals surface area contributed by atoms with Crippen LogP contribution in [0.3, 0.4) is 0 Å². The molecule has 0 atom stereocenters. The van der Waals surface area contributed by atoms with Crippen LogP contribution in [0.25, 0.3) is 11.3 Å². The summed E-state index contributed by atoms with van der Waals surface area (Å²) in [6, 6.07) is 12.6. The summed E-state index contributed by atoms with van der Waals surface area (Å²) < 4.78 is 3.46. The number of pyridine rings is 1. The second-order valence-electron chi connectivity index (χ2n) is 7.24. The van der Waals surface area contributed by atoms with Crippen LogP contribution in [-0.4, -0.2) is 37.2 Å². The Bertz CT molecular complexity index is 1310. The van der Waals surface area contributed by atoms with Gasteiger partial charge in [0.25, 0.3) is 5.56 Å². The van der Waals surface area contributed by atoms with E-state index in [0.29, 0.717) is 27.1 Å². The average molecular weight is 473 g/mol. The predicted octanol–water partition coefficient (Wildman–Crippen LogP) is 4.47. The zero-order valence-electron chi connectivity index (χ0n) is 16.4. The van der Waals surface area contributed by atoms with Gasteiger partial charge in [-0.2, -0.15) is 0 Å². The van der Waals surface area contributed by atoms with Crippen LogP contribution >= 0.6 is 35.0 Å². The number of benzene rings is 1. The first kappa shape index (κ1) is 20.4. The molecule has 0 bridgehead atoms. The van der Waals surface area contributed by atoms with E-state index in [9.17, 15) is 4.79 Å². The van der Waals surface area contributed by atoms with Gasteiger partial charge in [-0.3, -0.25) is 13.8 Å². The van der Waals surface area contributed by atoms with E-state index < -0.39 is 0 Å². The van der Waals surface area contributed by atoms with Gasteiger partial charge in [-0.05, 0) is 43.2 Å². The zero-order valence-corrected chi connectivity index (χ0v) is 18.7. The van der Waals surface area contributed by atoms with Gasteiger partial charge >= 0.3 is 0 Å². The molecule has 0 spiro atoms. The zero-order chi connectivity index (χ0) is 21.4. The van der Waals surface area contributed by atoms with E-state index in [4.69, 9.17) is 23.2 Å². The number of rotatable bonds is 5. The number of anilines is 1. The van der Waals surface area contributed by atoms with Crippen molar-refractivity contribution in [1.82, 2.24) is 24.1 Å². The Kier molecular flexibility index (Phi) is 5.60. The maximum Gasteiger partial charge on any atom is 0.258 e. The van der Waals surface area contributed by atoms with Crippen LogP contribution in [0.1, 0.15) is 18.5 Å². The Hall–Kier alpha value is -2.55. The first-order valence-corrected chi connectivity index (χ1v) is 11.6. The normalized spacial score (nSPS) is 13.9. The van der Waals surface area contributed by atoms with E-state index in [1.807, 2.05) is 28.8 Å². The fourth-order valence-electron chi connectivity index (χ4n) is 3.66. The minimum atomic E-state index is -0.169. The molecule has 1 aliphatic rings. The lowest BCUT2D eigenvalue weighted by Crippen LogP contribution is -2.22. The van der Waals surface area contributed by atoms with Gasteiger partial charge in [0.2, 0.25) is 5.95 Å². The second kappa shape index (κ2) is 8.53. The van der Waals surface area contributed by atoms with Crippen LogP contribution in [0.15, 0.2) is 58.6 Å². The molecule has 0 radical (unpaired) electrons. The van der Waals surface area contributed by atoms with Gasteiger partial charge in [0.15, 0.2) is 5.16 Å². The Morgan fingerprint density at radius 2 is 1.84 bits per heavy atom. The van der Waals surface area contributed by atoms with E-state index in [0.717, 1.165) is 42.7 Å². The standard InChI is InChI=1S/C21H18Cl2N6OS/c22-14-4-3-5-17(10-14)29-20(27-8-1-2-9-27)25-26-21(29)31-13-16-11-19(30)28-12-15(23)6-7-18(28)24-16/h3-7,10-12H,1-2,8-9,13H2. The third-order valence-corrected chi connectivity index (χ3v) is 6.52. The molecule has 0 N–H and O–H groups in total. The van der Waals surface area contributed by atoms with Crippen LogP contribution in [0.5, 0.6) is 0 Å². The lowest BCUT2D eigenvalue weighted by Gasteiger charge is -2.18. The summed E-state index contributed by atoms with van der Waals surface area (Å²) in [5, 5.41) is 10.8. The number of hydrogen-bond acceptors (Lipinski definition) is 6. The van der Waals surface area contributed by atoms with Crippen LogP contribution in [0.2, 0.25) is 10.0 Å². The molecule has 3 aromatic heterocycles. The minimum absolute atomic E-state index is 0.169. The largest absolute Gasteiger partial charge is 0.341 e. The molecule has 1 fully saturated rings. The van der Waals surface area contributed by atoms with Crippen molar-refractivity contribution in [2.45, 2.75) is 23.8 Å². The Labute approximate surface area is 192 Å². The minimum Gasteiger partial charge on any atom is -0.341 e. The molecule has 0 saturated carbocycles. The first-order chi connectivity index (χ1) is 15.1.